The minimum Gasteiger partial charge on any atom is -0.311 e. The fourth-order valence-electron chi connectivity index (χ4n) is 2.33. The van der Waals surface area contributed by atoms with Gasteiger partial charge in [0.2, 0.25) is 0 Å². The molecule has 90 valence electrons. The summed E-state index contributed by atoms with van der Waals surface area (Å²) in [4.78, 5) is 2.70. The molecule has 1 N–H and O–H groups in total. The summed E-state index contributed by atoms with van der Waals surface area (Å²) >= 11 is 0. The Morgan fingerprint density at radius 1 is 1.40 bits per heavy atom. The summed E-state index contributed by atoms with van der Waals surface area (Å²) < 4.78 is 0. The van der Waals surface area contributed by atoms with Crippen molar-refractivity contribution in [3.8, 4) is 0 Å². The summed E-state index contributed by atoms with van der Waals surface area (Å²) in [7, 11) is 0. The van der Waals surface area contributed by atoms with Crippen molar-refractivity contribution in [3.63, 3.8) is 0 Å². The van der Waals surface area contributed by atoms with Crippen molar-refractivity contribution in [1.29, 1.82) is 0 Å². The van der Waals surface area contributed by atoms with Crippen LogP contribution in [0.2, 0.25) is 0 Å². The molecule has 1 fully saturated rings. The van der Waals surface area contributed by atoms with Crippen LogP contribution in [0.5, 0.6) is 0 Å². The van der Waals surface area contributed by atoms with Crippen molar-refractivity contribution in [2.24, 2.45) is 5.41 Å². The van der Waals surface area contributed by atoms with Gasteiger partial charge in [-0.05, 0) is 25.7 Å². The topological polar surface area (TPSA) is 15.3 Å². The van der Waals surface area contributed by atoms with E-state index in [-0.39, 0.29) is 0 Å². The molecule has 1 heterocycles. The van der Waals surface area contributed by atoms with Crippen molar-refractivity contribution < 1.29 is 0 Å². The second-order valence-electron chi connectivity index (χ2n) is 6.11. The minimum absolute atomic E-state index is 0.379. The molecule has 0 aromatic carbocycles. The summed E-state index contributed by atoms with van der Waals surface area (Å²) in [6, 6.07) is 2.01. The van der Waals surface area contributed by atoms with Crippen LogP contribution < -0.4 is 5.32 Å². The highest BCUT2D eigenvalue weighted by molar-refractivity contribution is 4.90. The van der Waals surface area contributed by atoms with Crippen LogP contribution in [0.4, 0.5) is 0 Å². The number of hydrogen-bond acceptors (Lipinski definition) is 2. The van der Waals surface area contributed by atoms with E-state index in [2.05, 4.69) is 51.8 Å². The van der Waals surface area contributed by atoms with Gasteiger partial charge >= 0.3 is 0 Å². The van der Waals surface area contributed by atoms with E-state index in [1.165, 1.54) is 13.0 Å². The van der Waals surface area contributed by atoms with Crippen LogP contribution in [-0.2, 0) is 0 Å². The molecule has 15 heavy (non-hydrogen) atoms. The molecule has 0 saturated carbocycles. The van der Waals surface area contributed by atoms with Gasteiger partial charge in [0, 0.05) is 31.2 Å². The molecule has 2 heteroatoms. The van der Waals surface area contributed by atoms with Crippen LogP contribution in [-0.4, -0.2) is 36.1 Å². The van der Waals surface area contributed by atoms with Gasteiger partial charge in [-0.1, -0.05) is 27.7 Å². The quantitative estimate of drug-likeness (QED) is 0.756. The van der Waals surface area contributed by atoms with Gasteiger partial charge in [-0.25, -0.2) is 0 Å². The first-order valence-electron chi connectivity index (χ1n) is 6.35. The van der Waals surface area contributed by atoms with Crippen LogP contribution >= 0.6 is 0 Å². The molecule has 0 amide bonds. The molecule has 0 bridgehead atoms. The molecule has 0 spiro atoms. The van der Waals surface area contributed by atoms with Crippen molar-refractivity contribution >= 4 is 0 Å². The zero-order chi connectivity index (χ0) is 11.6. The normalized spacial score (nSPS) is 31.6. The Balaban J connectivity index is 2.70. The summed E-state index contributed by atoms with van der Waals surface area (Å²) in [5.74, 6) is 0. The number of nitrogens with zero attached hydrogens (tertiary/aromatic N) is 1. The standard InChI is InChI=1S/C13H28N2/c1-7-12-8-14-10(2)9-15(12)11(3)13(4,5)6/h10-12,14H,7-9H2,1-6H3. The maximum atomic E-state index is 3.58. The molecule has 0 aliphatic carbocycles. The van der Waals surface area contributed by atoms with E-state index in [0.29, 0.717) is 17.5 Å². The summed E-state index contributed by atoms with van der Waals surface area (Å²) in [5, 5.41) is 3.58. The second kappa shape index (κ2) is 4.84. The van der Waals surface area contributed by atoms with E-state index in [4.69, 9.17) is 0 Å². The summed E-state index contributed by atoms with van der Waals surface area (Å²) in [6.07, 6.45) is 1.25. The van der Waals surface area contributed by atoms with Gasteiger partial charge in [0.25, 0.3) is 0 Å². The predicted molar refractivity (Wildman–Crippen MR) is 67.2 cm³/mol. The number of piperazine rings is 1. The Morgan fingerprint density at radius 2 is 2.00 bits per heavy atom. The second-order valence-corrected chi connectivity index (χ2v) is 6.11. The third-order valence-electron chi connectivity index (χ3n) is 3.88. The fraction of sp³-hybridized carbons (Fsp3) is 1.00. The lowest BCUT2D eigenvalue weighted by atomic mass is 9.85. The van der Waals surface area contributed by atoms with E-state index in [0.717, 1.165) is 12.6 Å². The Hall–Kier alpha value is -0.0800. The van der Waals surface area contributed by atoms with E-state index >= 15 is 0 Å². The maximum absolute atomic E-state index is 3.58. The van der Waals surface area contributed by atoms with Crippen LogP contribution in [0.1, 0.15) is 48.0 Å². The molecule has 1 aliphatic heterocycles. The fourth-order valence-corrected chi connectivity index (χ4v) is 2.33. The zero-order valence-electron chi connectivity index (χ0n) is 11.3. The highest BCUT2D eigenvalue weighted by atomic mass is 15.3. The molecular weight excluding hydrogens is 184 g/mol. The molecule has 3 atom stereocenters. The van der Waals surface area contributed by atoms with E-state index in [1.807, 2.05) is 0 Å². The smallest absolute Gasteiger partial charge is 0.0221 e. The van der Waals surface area contributed by atoms with Gasteiger partial charge in [0.1, 0.15) is 0 Å². The maximum Gasteiger partial charge on any atom is 0.0221 e. The molecule has 3 unspecified atom stereocenters. The third-order valence-corrected chi connectivity index (χ3v) is 3.88. The molecule has 0 aromatic heterocycles. The molecular formula is C13H28N2. The molecule has 1 saturated heterocycles. The third kappa shape index (κ3) is 3.18. The SMILES string of the molecule is CCC1CNC(C)CN1C(C)C(C)(C)C. The molecule has 1 rings (SSSR count). The van der Waals surface area contributed by atoms with E-state index < -0.39 is 0 Å². The zero-order valence-corrected chi connectivity index (χ0v) is 11.3. The lowest BCUT2D eigenvalue weighted by Crippen LogP contribution is -2.60. The van der Waals surface area contributed by atoms with Gasteiger partial charge in [0.15, 0.2) is 0 Å². The lowest BCUT2D eigenvalue weighted by Gasteiger charge is -2.47. The average molecular weight is 212 g/mol. The van der Waals surface area contributed by atoms with Crippen molar-refractivity contribution in [2.45, 2.75) is 66.1 Å². The summed E-state index contributed by atoms with van der Waals surface area (Å²) in [6.45, 7) is 16.3. The Kier molecular flexibility index (Phi) is 4.19. The monoisotopic (exact) mass is 212 g/mol. The lowest BCUT2D eigenvalue weighted by molar-refractivity contribution is 0.0368. The van der Waals surface area contributed by atoms with E-state index in [1.54, 1.807) is 0 Å². The average Bonchev–Trinajstić information content (AvgIpc) is 2.15. The molecule has 0 radical (unpaired) electrons. The van der Waals surface area contributed by atoms with Crippen LogP contribution in [0.25, 0.3) is 0 Å². The van der Waals surface area contributed by atoms with Gasteiger partial charge in [-0.3, -0.25) is 4.90 Å². The van der Waals surface area contributed by atoms with Crippen LogP contribution in [0.15, 0.2) is 0 Å². The van der Waals surface area contributed by atoms with Gasteiger partial charge < -0.3 is 5.32 Å². The molecule has 1 aliphatic rings. The Labute approximate surface area is 95.4 Å². The first-order chi connectivity index (χ1) is 6.86. The van der Waals surface area contributed by atoms with Gasteiger partial charge in [0.05, 0.1) is 0 Å². The van der Waals surface area contributed by atoms with Crippen LogP contribution in [0.3, 0.4) is 0 Å². The predicted octanol–water partition coefficient (Wildman–Crippen LogP) is 2.49. The first-order valence-corrected chi connectivity index (χ1v) is 6.35. The highest BCUT2D eigenvalue weighted by Gasteiger charge is 2.33. The number of rotatable bonds is 2. The Morgan fingerprint density at radius 3 is 2.47 bits per heavy atom. The van der Waals surface area contributed by atoms with Gasteiger partial charge in [-0.15, -0.1) is 0 Å². The minimum atomic E-state index is 0.379. The Bertz CT molecular complexity index is 195. The number of hydrogen-bond donors (Lipinski definition) is 1. The molecule has 0 aromatic rings. The van der Waals surface area contributed by atoms with E-state index in [9.17, 15) is 0 Å². The van der Waals surface area contributed by atoms with Crippen LogP contribution in [0, 0.1) is 5.41 Å². The first kappa shape index (κ1) is 13.0. The summed E-state index contributed by atoms with van der Waals surface area (Å²) in [5.41, 5.74) is 0.379. The number of nitrogens with one attached hydrogen (secondary N) is 1. The van der Waals surface area contributed by atoms with Crippen molar-refractivity contribution in [3.05, 3.63) is 0 Å². The highest BCUT2D eigenvalue weighted by Crippen LogP contribution is 2.27. The largest absolute Gasteiger partial charge is 0.311 e. The molecule has 2 nitrogen and oxygen atoms in total. The van der Waals surface area contributed by atoms with Gasteiger partial charge in [-0.2, -0.15) is 0 Å². The van der Waals surface area contributed by atoms with Crippen molar-refractivity contribution in [2.75, 3.05) is 13.1 Å². The van der Waals surface area contributed by atoms with Crippen molar-refractivity contribution in [1.82, 2.24) is 10.2 Å².